The van der Waals surface area contributed by atoms with Gasteiger partial charge in [0, 0.05) is 0 Å². The van der Waals surface area contributed by atoms with Crippen LogP contribution in [-0.4, -0.2) is 23.4 Å². The molecule has 0 bridgehead atoms. The van der Waals surface area contributed by atoms with Crippen molar-refractivity contribution in [3.8, 4) is 0 Å². The molecule has 1 rings (SSSR count). The van der Waals surface area contributed by atoms with Gasteiger partial charge in [0.15, 0.2) is 0 Å². The van der Waals surface area contributed by atoms with Crippen molar-refractivity contribution in [2.24, 2.45) is 0 Å². The average molecular weight is 172 g/mol. The summed E-state index contributed by atoms with van der Waals surface area (Å²) in [4.78, 5) is 10.7. The summed E-state index contributed by atoms with van der Waals surface area (Å²) in [5, 5.41) is 6.72. The first-order valence-corrected chi connectivity index (χ1v) is 3.63. The molecule has 68 valence electrons. The smallest absolute Gasteiger partial charge is 0.362 e. The lowest BCUT2D eigenvalue weighted by molar-refractivity contribution is 0.0588. The topological polar surface area (TPSA) is 65.2 Å². The summed E-state index contributed by atoms with van der Waals surface area (Å²) in [7, 11) is 1.27. The van der Waals surface area contributed by atoms with E-state index in [4.69, 9.17) is 0 Å². The summed E-state index contributed by atoms with van der Waals surface area (Å²) in [5.74, 6) is -0.529. The van der Waals surface area contributed by atoms with E-state index in [9.17, 15) is 4.79 Å². The Bertz CT molecular complexity index is 245. The second-order valence-electron chi connectivity index (χ2n) is 1.69. The number of methoxy groups -OCH3 is 1. The Morgan fingerprint density at radius 2 is 2.00 bits per heavy atom. The molecule has 1 heterocycles. The summed E-state index contributed by atoms with van der Waals surface area (Å²) in [5.41, 5.74) is 0.564. The van der Waals surface area contributed by atoms with Gasteiger partial charge >= 0.3 is 5.97 Å². The fraction of sp³-hybridized carbons (Fsp3) is 0.571. The SMILES string of the molecule is CC.COC(=O)c1nonc1C. The number of carbonyl (C=O) groups is 1. The first kappa shape index (κ1) is 10.6. The summed E-state index contributed by atoms with van der Waals surface area (Å²) in [6.45, 7) is 5.61. The lowest BCUT2D eigenvalue weighted by atomic mass is 10.3. The number of aryl methyl sites for hydroxylation is 1. The zero-order valence-corrected chi connectivity index (χ0v) is 7.62. The van der Waals surface area contributed by atoms with Crippen molar-refractivity contribution in [1.82, 2.24) is 10.3 Å². The Labute approximate surface area is 70.7 Å². The number of esters is 1. The molecular weight excluding hydrogens is 160 g/mol. The predicted molar refractivity (Wildman–Crippen MR) is 41.7 cm³/mol. The second-order valence-corrected chi connectivity index (χ2v) is 1.69. The molecule has 0 aliphatic rings. The Morgan fingerprint density at radius 1 is 1.42 bits per heavy atom. The van der Waals surface area contributed by atoms with Gasteiger partial charge in [0.05, 0.1) is 7.11 Å². The third kappa shape index (κ3) is 2.34. The first-order valence-electron chi connectivity index (χ1n) is 3.63. The molecule has 5 nitrogen and oxygen atoms in total. The van der Waals surface area contributed by atoms with Gasteiger partial charge < -0.3 is 4.74 Å². The van der Waals surface area contributed by atoms with Crippen molar-refractivity contribution in [3.05, 3.63) is 11.4 Å². The third-order valence-electron chi connectivity index (χ3n) is 1.03. The van der Waals surface area contributed by atoms with Gasteiger partial charge in [-0.25, -0.2) is 9.42 Å². The summed E-state index contributed by atoms with van der Waals surface area (Å²) in [6.07, 6.45) is 0. The Morgan fingerprint density at radius 3 is 2.33 bits per heavy atom. The highest BCUT2D eigenvalue weighted by atomic mass is 16.6. The van der Waals surface area contributed by atoms with E-state index in [-0.39, 0.29) is 5.69 Å². The van der Waals surface area contributed by atoms with Crippen LogP contribution in [0.2, 0.25) is 0 Å². The zero-order chi connectivity index (χ0) is 9.56. The standard InChI is InChI=1S/C5H6N2O3.C2H6/c1-3-4(5(8)9-2)7-10-6-3;1-2/h1-2H3;1-2H3. The molecule has 0 amide bonds. The minimum atomic E-state index is -0.529. The molecule has 1 aromatic rings. The quantitative estimate of drug-likeness (QED) is 0.595. The number of aromatic nitrogens is 2. The molecule has 0 saturated carbocycles. The molecule has 0 aliphatic heterocycles. The van der Waals surface area contributed by atoms with Crippen LogP contribution in [0.1, 0.15) is 30.0 Å². The van der Waals surface area contributed by atoms with Gasteiger partial charge in [-0.15, -0.1) is 0 Å². The fourth-order valence-corrected chi connectivity index (χ4v) is 0.513. The van der Waals surface area contributed by atoms with Crippen LogP contribution in [0, 0.1) is 6.92 Å². The van der Waals surface area contributed by atoms with Crippen LogP contribution in [0.5, 0.6) is 0 Å². The number of hydrogen-bond acceptors (Lipinski definition) is 5. The highest BCUT2D eigenvalue weighted by Crippen LogP contribution is 2.00. The van der Waals surface area contributed by atoms with Gasteiger partial charge in [-0.3, -0.25) is 0 Å². The first-order chi connectivity index (χ1) is 5.75. The van der Waals surface area contributed by atoms with Crippen LogP contribution in [0.25, 0.3) is 0 Å². The maximum absolute atomic E-state index is 10.7. The number of rotatable bonds is 1. The van der Waals surface area contributed by atoms with E-state index in [1.165, 1.54) is 7.11 Å². The van der Waals surface area contributed by atoms with Gasteiger partial charge in [-0.2, -0.15) is 0 Å². The van der Waals surface area contributed by atoms with Crippen molar-refractivity contribution >= 4 is 5.97 Å². The van der Waals surface area contributed by atoms with Crippen LogP contribution >= 0.6 is 0 Å². The van der Waals surface area contributed by atoms with E-state index in [2.05, 4.69) is 19.7 Å². The molecule has 0 spiro atoms. The number of ether oxygens (including phenoxy) is 1. The van der Waals surface area contributed by atoms with Crippen molar-refractivity contribution in [2.75, 3.05) is 7.11 Å². The normalized spacial score (nSPS) is 8.33. The number of nitrogens with zero attached hydrogens (tertiary/aromatic N) is 2. The largest absolute Gasteiger partial charge is 0.464 e. The Kier molecular flexibility index (Phi) is 4.67. The summed E-state index contributed by atoms with van der Waals surface area (Å²) in [6, 6.07) is 0. The molecule has 1 aromatic heterocycles. The minimum Gasteiger partial charge on any atom is -0.464 e. The molecule has 0 atom stereocenters. The summed E-state index contributed by atoms with van der Waals surface area (Å²) < 4.78 is 8.64. The van der Waals surface area contributed by atoms with Gasteiger partial charge in [0.1, 0.15) is 5.69 Å². The molecule has 0 aromatic carbocycles. The molecule has 0 aliphatic carbocycles. The molecule has 5 heteroatoms. The Hall–Kier alpha value is -1.39. The zero-order valence-electron chi connectivity index (χ0n) is 7.62. The number of hydrogen-bond donors (Lipinski definition) is 0. The highest BCUT2D eigenvalue weighted by molar-refractivity contribution is 5.87. The molecule has 0 N–H and O–H groups in total. The molecule has 0 unspecified atom stereocenters. The maximum Gasteiger partial charge on any atom is 0.362 e. The fourth-order valence-electron chi connectivity index (χ4n) is 0.513. The average Bonchev–Trinajstić information content (AvgIpc) is 2.54. The predicted octanol–water partition coefficient (Wildman–Crippen LogP) is 1.19. The number of carbonyl (C=O) groups excluding carboxylic acids is 1. The van der Waals surface area contributed by atoms with Crippen LogP contribution in [0.3, 0.4) is 0 Å². The molecule has 0 saturated heterocycles. The van der Waals surface area contributed by atoms with Crippen LogP contribution in [0.4, 0.5) is 0 Å². The van der Waals surface area contributed by atoms with E-state index in [1.54, 1.807) is 6.92 Å². The highest BCUT2D eigenvalue weighted by Gasteiger charge is 2.14. The molecule has 0 radical (unpaired) electrons. The van der Waals surface area contributed by atoms with E-state index in [1.807, 2.05) is 13.8 Å². The van der Waals surface area contributed by atoms with Crippen molar-refractivity contribution in [1.29, 1.82) is 0 Å². The van der Waals surface area contributed by atoms with Gasteiger partial charge in [-0.1, -0.05) is 19.0 Å². The lowest BCUT2D eigenvalue weighted by Crippen LogP contribution is -2.03. The molecule has 12 heavy (non-hydrogen) atoms. The van der Waals surface area contributed by atoms with Gasteiger partial charge in [0.2, 0.25) is 5.69 Å². The van der Waals surface area contributed by atoms with E-state index in [0.717, 1.165) is 0 Å². The van der Waals surface area contributed by atoms with E-state index in [0.29, 0.717) is 5.69 Å². The van der Waals surface area contributed by atoms with Crippen LogP contribution in [-0.2, 0) is 4.74 Å². The van der Waals surface area contributed by atoms with Gasteiger partial charge in [-0.05, 0) is 12.1 Å². The minimum absolute atomic E-state index is 0.127. The van der Waals surface area contributed by atoms with Crippen molar-refractivity contribution in [3.63, 3.8) is 0 Å². The van der Waals surface area contributed by atoms with E-state index < -0.39 is 5.97 Å². The van der Waals surface area contributed by atoms with Crippen molar-refractivity contribution in [2.45, 2.75) is 20.8 Å². The van der Waals surface area contributed by atoms with Crippen LogP contribution < -0.4 is 0 Å². The Balaban J connectivity index is 0.000000561. The third-order valence-corrected chi connectivity index (χ3v) is 1.03. The van der Waals surface area contributed by atoms with Crippen molar-refractivity contribution < 1.29 is 14.2 Å². The van der Waals surface area contributed by atoms with Gasteiger partial charge in [0.25, 0.3) is 0 Å². The maximum atomic E-state index is 10.7. The lowest BCUT2D eigenvalue weighted by Gasteiger charge is -1.89. The monoisotopic (exact) mass is 172 g/mol. The van der Waals surface area contributed by atoms with E-state index >= 15 is 0 Å². The molecule has 0 fully saturated rings. The van der Waals surface area contributed by atoms with Crippen LogP contribution in [0.15, 0.2) is 4.63 Å². The summed E-state index contributed by atoms with van der Waals surface area (Å²) >= 11 is 0. The second kappa shape index (κ2) is 5.29. The molecular formula is C7H12N2O3.